The molecule has 1 aromatic carbocycles. The molecule has 1 saturated heterocycles. The number of nitrogens with zero attached hydrogens (tertiary/aromatic N) is 2. The fourth-order valence-corrected chi connectivity index (χ4v) is 3.62. The molecule has 2 amide bonds. The van der Waals surface area contributed by atoms with Crippen molar-refractivity contribution in [1.29, 1.82) is 0 Å². The Hall–Kier alpha value is -2.73. The van der Waals surface area contributed by atoms with Gasteiger partial charge in [-0.05, 0) is 36.6 Å². The molecule has 3 rings (SSSR count). The van der Waals surface area contributed by atoms with Gasteiger partial charge in [-0.15, -0.1) is 0 Å². The van der Waals surface area contributed by atoms with Gasteiger partial charge in [-0.2, -0.15) is 0 Å². The monoisotopic (exact) mass is 395 g/mol. The molecule has 0 unspecified atom stereocenters. The van der Waals surface area contributed by atoms with Crippen molar-refractivity contribution >= 4 is 11.8 Å². The smallest absolute Gasteiger partial charge is 0.254 e. The van der Waals surface area contributed by atoms with E-state index in [1.165, 1.54) is 0 Å². The van der Waals surface area contributed by atoms with Crippen LogP contribution in [0.1, 0.15) is 32.8 Å². The lowest BCUT2D eigenvalue weighted by atomic mass is 9.90. The summed E-state index contributed by atoms with van der Waals surface area (Å²) in [5, 5.41) is 2.98. The predicted molar refractivity (Wildman–Crippen MR) is 112 cm³/mol. The van der Waals surface area contributed by atoms with Crippen LogP contribution in [-0.4, -0.2) is 53.0 Å². The molecular formula is C23H29N3O3. The Labute approximate surface area is 172 Å². The number of pyridine rings is 1. The van der Waals surface area contributed by atoms with Crippen molar-refractivity contribution in [2.45, 2.75) is 45.3 Å². The quantitative estimate of drug-likeness (QED) is 0.816. The van der Waals surface area contributed by atoms with E-state index in [0.29, 0.717) is 26.0 Å². The Bertz CT molecular complexity index is 836. The zero-order valence-electron chi connectivity index (χ0n) is 17.4. The summed E-state index contributed by atoms with van der Waals surface area (Å²) in [4.78, 5) is 31.3. The first-order valence-corrected chi connectivity index (χ1v) is 10.2. The van der Waals surface area contributed by atoms with E-state index in [1.807, 2.05) is 63.4 Å². The van der Waals surface area contributed by atoms with Gasteiger partial charge >= 0.3 is 0 Å². The normalized spacial score (nSPS) is 19.2. The summed E-state index contributed by atoms with van der Waals surface area (Å²) < 4.78 is 6.06. The predicted octanol–water partition coefficient (Wildman–Crippen LogP) is 2.82. The Balaban J connectivity index is 1.85. The van der Waals surface area contributed by atoms with E-state index in [0.717, 1.165) is 16.7 Å². The summed E-state index contributed by atoms with van der Waals surface area (Å²) in [6.45, 7) is 6.82. The van der Waals surface area contributed by atoms with Crippen molar-refractivity contribution in [3.05, 3.63) is 54.4 Å². The van der Waals surface area contributed by atoms with Crippen LogP contribution >= 0.6 is 0 Å². The molecule has 6 nitrogen and oxygen atoms in total. The first kappa shape index (κ1) is 21.0. The Kier molecular flexibility index (Phi) is 6.64. The van der Waals surface area contributed by atoms with Gasteiger partial charge in [-0.25, -0.2) is 0 Å². The minimum atomic E-state index is -1.08. The van der Waals surface area contributed by atoms with Gasteiger partial charge in [0.2, 0.25) is 5.91 Å². The number of aromatic nitrogens is 1. The highest BCUT2D eigenvalue weighted by Crippen LogP contribution is 2.26. The molecule has 0 radical (unpaired) electrons. The van der Waals surface area contributed by atoms with Crippen molar-refractivity contribution < 1.29 is 14.3 Å². The number of hydrogen-bond acceptors (Lipinski definition) is 4. The third-order valence-electron chi connectivity index (χ3n) is 5.11. The van der Waals surface area contributed by atoms with Crippen molar-refractivity contribution in [3.8, 4) is 11.1 Å². The SMILES string of the molecule is CCC(=O)N1CCO[C@](Cc2ccc(-c3cccnc3)cc2)(C(=O)NC(C)C)C1. The van der Waals surface area contributed by atoms with Gasteiger partial charge in [0.15, 0.2) is 5.60 Å². The van der Waals surface area contributed by atoms with Crippen LogP contribution in [0.2, 0.25) is 0 Å². The van der Waals surface area contributed by atoms with E-state index in [-0.39, 0.29) is 24.4 Å². The maximum Gasteiger partial charge on any atom is 0.254 e. The second-order valence-electron chi connectivity index (χ2n) is 7.76. The Morgan fingerprint density at radius 2 is 1.97 bits per heavy atom. The Morgan fingerprint density at radius 3 is 2.59 bits per heavy atom. The number of nitrogens with one attached hydrogen (secondary N) is 1. The number of benzene rings is 1. The van der Waals surface area contributed by atoms with Gasteiger partial charge in [0.05, 0.1) is 13.2 Å². The summed E-state index contributed by atoms with van der Waals surface area (Å²) in [6, 6.07) is 12.0. The second kappa shape index (κ2) is 9.18. The fourth-order valence-electron chi connectivity index (χ4n) is 3.62. The molecule has 1 N–H and O–H groups in total. The van der Waals surface area contributed by atoms with E-state index in [2.05, 4.69) is 10.3 Å². The van der Waals surface area contributed by atoms with Gasteiger partial charge in [0.1, 0.15) is 0 Å². The summed E-state index contributed by atoms with van der Waals surface area (Å²) in [5.74, 6) is -0.126. The van der Waals surface area contributed by atoms with Crippen LogP contribution in [0.15, 0.2) is 48.8 Å². The molecule has 0 saturated carbocycles. The van der Waals surface area contributed by atoms with Gasteiger partial charge in [-0.3, -0.25) is 14.6 Å². The molecule has 29 heavy (non-hydrogen) atoms. The van der Waals surface area contributed by atoms with Crippen LogP contribution in [0.5, 0.6) is 0 Å². The molecule has 1 aliphatic rings. The topological polar surface area (TPSA) is 71.5 Å². The molecule has 1 aromatic heterocycles. The summed E-state index contributed by atoms with van der Waals surface area (Å²) in [6.07, 6.45) is 4.40. The van der Waals surface area contributed by atoms with E-state index in [1.54, 1.807) is 11.1 Å². The zero-order valence-corrected chi connectivity index (χ0v) is 17.4. The highest BCUT2D eigenvalue weighted by atomic mass is 16.5. The van der Waals surface area contributed by atoms with Gasteiger partial charge in [-0.1, -0.05) is 37.3 Å². The van der Waals surface area contributed by atoms with E-state index in [4.69, 9.17) is 4.74 Å². The van der Waals surface area contributed by atoms with E-state index < -0.39 is 5.60 Å². The molecule has 1 aliphatic heterocycles. The van der Waals surface area contributed by atoms with E-state index in [9.17, 15) is 9.59 Å². The summed E-state index contributed by atoms with van der Waals surface area (Å²) in [5.41, 5.74) is 2.01. The van der Waals surface area contributed by atoms with Crippen LogP contribution < -0.4 is 5.32 Å². The third-order valence-corrected chi connectivity index (χ3v) is 5.11. The number of morpholine rings is 1. The van der Waals surface area contributed by atoms with Gasteiger partial charge < -0.3 is 15.0 Å². The number of carbonyl (C=O) groups excluding carboxylic acids is 2. The minimum Gasteiger partial charge on any atom is -0.361 e. The number of ether oxygens (including phenoxy) is 1. The lowest BCUT2D eigenvalue weighted by Crippen LogP contribution is -2.62. The van der Waals surface area contributed by atoms with Crippen LogP contribution in [0.4, 0.5) is 0 Å². The maximum atomic E-state index is 13.1. The molecule has 0 bridgehead atoms. The molecule has 154 valence electrons. The van der Waals surface area contributed by atoms with Gasteiger partial charge in [0, 0.05) is 37.8 Å². The average Bonchev–Trinajstić information content (AvgIpc) is 2.74. The van der Waals surface area contributed by atoms with Crippen molar-refractivity contribution in [2.24, 2.45) is 0 Å². The van der Waals surface area contributed by atoms with Crippen LogP contribution in [0.3, 0.4) is 0 Å². The zero-order chi connectivity index (χ0) is 20.9. The minimum absolute atomic E-state index is 0.00631. The number of amides is 2. The fraction of sp³-hybridized carbons (Fsp3) is 0.435. The van der Waals surface area contributed by atoms with Crippen LogP contribution in [0, 0.1) is 0 Å². The number of hydrogen-bond donors (Lipinski definition) is 1. The standard InChI is InChI=1S/C23H29N3O3/c1-4-21(27)26-12-13-29-23(16-26,22(28)25-17(2)3)14-18-7-9-19(10-8-18)20-6-5-11-24-15-20/h5-11,15,17H,4,12-14,16H2,1-3H3,(H,25,28)/t23-/m0/s1. The van der Waals surface area contributed by atoms with Gasteiger partial charge in [0.25, 0.3) is 5.91 Å². The van der Waals surface area contributed by atoms with Crippen molar-refractivity contribution in [2.75, 3.05) is 19.7 Å². The molecule has 1 fully saturated rings. The second-order valence-corrected chi connectivity index (χ2v) is 7.76. The first-order chi connectivity index (χ1) is 13.9. The third kappa shape index (κ3) is 5.01. The molecule has 2 aromatic rings. The molecule has 1 atom stereocenters. The molecule has 0 spiro atoms. The maximum absolute atomic E-state index is 13.1. The highest BCUT2D eigenvalue weighted by molar-refractivity contribution is 5.87. The number of rotatable bonds is 6. The molecule has 6 heteroatoms. The number of carbonyl (C=O) groups is 2. The van der Waals surface area contributed by atoms with Crippen molar-refractivity contribution in [3.63, 3.8) is 0 Å². The Morgan fingerprint density at radius 1 is 1.21 bits per heavy atom. The summed E-state index contributed by atoms with van der Waals surface area (Å²) >= 11 is 0. The molecule has 2 heterocycles. The van der Waals surface area contributed by atoms with Crippen LogP contribution in [0.25, 0.3) is 11.1 Å². The lowest BCUT2D eigenvalue weighted by molar-refractivity contribution is -0.166. The molecule has 0 aliphatic carbocycles. The van der Waals surface area contributed by atoms with Crippen molar-refractivity contribution in [1.82, 2.24) is 15.2 Å². The lowest BCUT2D eigenvalue weighted by Gasteiger charge is -2.42. The first-order valence-electron chi connectivity index (χ1n) is 10.2. The average molecular weight is 396 g/mol. The molecular weight excluding hydrogens is 366 g/mol. The van der Waals surface area contributed by atoms with E-state index >= 15 is 0 Å². The largest absolute Gasteiger partial charge is 0.361 e. The summed E-state index contributed by atoms with van der Waals surface area (Å²) in [7, 11) is 0. The highest BCUT2D eigenvalue weighted by Gasteiger charge is 2.45. The van der Waals surface area contributed by atoms with Crippen LogP contribution in [-0.2, 0) is 20.7 Å².